The fourth-order valence-corrected chi connectivity index (χ4v) is 3.12. The average Bonchev–Trinajstić information content (AvgIpc) is 3.24. The quantitative estimate of drug-likeness (QED) is 0.610. The maximum absolute atomic E-state index is 12.7. The highest BCUT2D eigenvalue weighted by molar-refractivity contribution is 5.98. The molecule has 1 atom stereocenters. The van der Waals surface area contributed by atoms with Crippen molar-refractivity contribution in [3.05, 3.63) is 57.8 Å². The molecule has 3 rings (SSSR count). The first-order valence-corrected chi connectivity index (χ1v) is 8.09. The predicted octanol–water partition coefficient (Wildman–Crippen LogP) is 2.24. The number of carbonyl (C=O) groups is 1. The molecule has 1 unspecified atom stereocenters. The van der Waals surface area contributed by atoms with Crippen LogP contribution in [-0.2, 0) is 6.54 Å². The Labute approximate surface area is 145 Å². The van der Waals surface area contributed by atoms with Gasteiger partial charge in [-0.15, -0.1) is 0 Å². The number of nitro benzene ring substituents is 1. The van der Waals surface area contributed by atoms with Crippen molar-refractivity contribution in [3.8, 4) is 0 Å². The second kappa shape index (κ2) is 7.02. The summed E-state index contributed by atoms with van der Waals surface area (Å²) < 4.78 is 5.21. The number of aryl methyl sites for hydroxylation is 1. The molecule has 2 aromatic rings. The molecule has 1 aliphatic rings. The Bertz CT molecular complexity index is 788. The second-order valence-electron chi connectivity index (χ2n) is 6.24. The molecule has 1 aromatic carbocycles. The van der Waals surface area contributed by atoms with E-state index in [9.17, 15) is 14.9 Å². The van der Waals surface area contributed by atoms with Gasteiger partial charge in [-0.2, -0.15) is 0 Å². The predicted molar refractivity (Wildman–Crippen MR) is 90.1 cm³/mol. The molecular weight excluding hydrogens is 324 g/mol. The Balaban J connectivity index is 1.67. The van der Waals surface area contributed by atoms with Gasteiger partial charge in [-0.05, 0) is 26.5 Å². The van der Waals surface area contributed by atoms with Crippen LogP contribution in [0.15, 0.2) is 35.1 Å². The molecule has 0 saturated carbocycles. The van der Waals surface area contributed by atoms with Crippen LogP contribution in [0.1, 0.15) is 28.2 Å². The molecule has 132 valence electrons. The van der Waals surface area contributed by atoms with Gasteiger partial charge < -0.3 is 9.32 Å². The molecule has 1 amide bonds. The Morgan fingerprint density at radius 2 is 2.24 bits per heavy atom. The summed E-state index contributed by atoms with van der Waals surface area (Å²) >= 11 is 0. The number of hydrogen-bond donors (Lipinski definition) is 0. The molecule has 0 bridgehead atoms. The summed E-state index contributed by atoms with van der Waals surface area (Å²) in [5, 5.41) is 11.1. The molecule has 1 saturated heterocycles. The summed E-state index contributed by atoms with van der Waals surface area (Å²) in [6, 6.07) is 6.27. The highest BCUT2D eigenvalue weighted by Gasteiger charge is 2.32. The number of rotatable bonds is 5. The lowest BCUT2D eigenvalue weighted by Gasteiger charge is -2.24. The van der Waals surface area contributed by atoms with E-state index >= 15 is 0 Å². The summed E-state index contributed by atoms with van der Waals surface area (Å²) in [5.74, 6) is 0.499. The number of hydrogen-bond acceptors (Lipinski definition) is 6. The van der Waals surface area contributed by atoms with E-state index in [0.29, 0.717) is 19.6 Å². The van der Waals surface area contributed by atoms with Crippen LogP contribution in [-0.4, -0.2) is 51.8 Å². The number of para-hydroxylation sites is 1. The molecule has 0 radical (unpaired) electrons. The molecule has 8 nitrogen and oxygen atoms in total. The highest BCUT2D eigenvalue weighted by Crippen LogP contribution is 2.24. The number of likely N-dealkylation sites (N-methyl/N-ethyl adjacent to an activating group) is 1. The third-order valence-corrected chi connectivity index (χ3v) is 4.65. The van der Waals surface area contributed by atoms with Crippen molar-refractivity contribution in [2.75, 3.05) is 20.1 Å². The van der Waals surface area contributed by atoms with Crippen molar-refractivity contribution in [3.63, 3.8) is 0 Å². The van der Waals surface area contributed by atoms with E-state index in [1.54, 1.807) is 17.0 Å². The standard InChI is InChI=1S/C17H20N4O4/c1-12-15(18-11-25-12)10-19(2)13-7-8-20(9-13)17(22)14-5-3-4-6-16(14)21(23)24/h3-6,11,13H,7-10H2,1-2H3. The molecule has 1 aromatic heterocycles. The van der Waals surface area contributed by atoms with Gasteiger partial charge in [0.1, 0.15) is 11.3 Å². The summed E-state index contributed by atoms with van der Waals surface area (Å²) in [7, 11) is 1.98. The normalized spacial score (nSPS) is 17.2. The fourth-order valence-electron chi connectivity index (χ4n) is 3.12. The number of oxazole rings is 1. The van der Waals surface area contributed by atoms with Gasteiger partial charge in [0.25, 0.3) is 11.6 Å². The van der Waals surface area contributed by atoms with Gasteiger partial charge in [0, 0.05) is 31.7 Å². The van der Waals surface area contributed by atoms with Crippen LogP contribution in [0.4, 0.5) is 5.69 Å². The molecular formula is C17H20N4O4. The number of likely N-dealkylation sites (tertiary alicyclic amines) is 1. The van der Waals surface area contributed by atoms with E-state index in [2.05, 4.69) is 9.88 Å². The minimum Gasteiger partial charge on any atom is -0.448 e. The zero-order valence-corrected chi connectivity index (χ0v) is 14.2. The van der Waals surface area contributed by atoms with E-state index in [1.165, 1.54) is 18.5 Å². The van der Waals surface area contributed by atoms with Crippen molar-refractivity contribution < 1.29 is 14.1 Å². The zero-order chi connectivity index (χ0) is 18.0. The number of aromatic nitrogens is 1. The third kappa shape index (κ3) is 3.53. The lowest BCUT2D eigenvalue weighted by atomic mass is 10.1. The van der Waals surface area contributed by atoms with E-state index in [4.69, 9.17) is 4.42 Å². The fraction of sp³-hybridized carbons (Fsp3) is 0.412. The van der Waals surface area contributed by atoms with Crippen LogP contribution in [0.25, 0.3) is 0 Å². The third-order valence-electron chi connectivity index (χ3n) is 4.65. The molecule has 25 heavy (non-hydrogen) atoms. The summed E-state index contributed by atoms with van der Waals surface area (Å²) in [5.41, 5.74) is 0.872. The van der Waals surface area contributed by atoms with Gasteiger partial charge in [-0.1, -0.05) is 12.1 Å². The molecule has 2 heterocycles. The van der Waals surface area contributed by atoms with Crippen LogP contribution >= 0.6 is 0 Å². The molecule has 8 heteroatoms. The average molecular weight is 344 g/mol. The van der Waals surface area contributed by atoms with Crippen molar-refractivity contribution >= 4 is 11.6 Å². The van der Waals surface area contributed by atoms with Crippen LogP contribution in [0.2, 0.25) is 0 Å². The lowest BCUT2D eigenvalue weighted by Crippen LogP contribution is -2.36. The van der Waals surface area contributed by atoms with Crippen molar-refractivity contribution in [2.24, 2.45) is 0 Å². The maximum atomic E-state index is 12.7. The zero-order valence-electron chi connectivity index (χ0n) is 14.2. The number of nitro groups is 1. The number of carbonyl (C=O) groups excluding carboxylic acids is 1. The van der Waals surface area contributed by atoms with Crippen LogP contribution in [0.5, 0.6) is 0 Å². The van der Waals surface area contributed by atoms with Crippen molar-refractivity contribution in [2.45, 2.75) is 25.9 Å². The van der Waals surface area contributed by atoms with Crippen molar-refractivity contribution in [1.82, 2.24) is 14.8 Å². The highest BCUT2D eigenvalue weighted by atomic mass is 16.6. The topological polar surface area (TPSA) is 92.7 Å². The van der Waals surface area contributed by atoms with E-state index in [0.717, 1.165) is 17.9 Å². The minimum atomic E-state index is -0.514. The summed E-state index contributed by atoms with van der Waals surface area (Å²) in [6.45, 7) is 3.63. The van der Waals surface area contributed by atoms with E-state index < -0.39 is 4.92 Å². The van der Waals surface area contributed by atoms with Crippen LogP contribution < -0.4 is 0 Å². The molecule has 0 N–H and O–H groups in total. The van der Waals surface area contributed by atoms with E-state index in [-0.39, 0.29) is 23.2 Å². The second-order valence-corrected chi connectivity index (χ2v) is 6.24. The van der Waals surface area contributed by atoms with Crippen molar-refractivity contribution in [1.29, 1.82) is 0 Å². The minimum absolute atomic E-state index is 0.142. The monoisotopic (exact) mass is 344 g/mol. The lowest BCUT2D eigenvalue weighted by molar-refractivity contribution is -0.385. The first-order valence-electron chi connectivity index (χ1n) is 8.09. The molecule has 0 spiro atoms. The molecule has 1 aliphatic heterocycles. The Morgan fingerprint density at radius 1 is 1.48 bits per heavy atom. The first kappa shape index (κ1) is 17.1. The van der Waals surface area contributed by atoms with Gasteiger partial charge in [0.15, 0.2) is 6.39 Å². The summed E-state index contributed by atoms with van der Waals surface area (Å²) in [4.78, 5) is 31.3. The van der Waals surface area contributed by atoms with Gasteiger partial charge in [0.05, 0.1) is 10.6 Å². The van der Waals surface area contributed by atoms with Crippen LogP contribution in [0.3, 0.4) is 0 Å². The first-order chi connectivity index (χ1) is 12.0. The number of amides is 1. The maximum Gasteiger partial charge on any atom is 0.282 e. The SMILES string of the molecule is Cc1ocnc1CN(C)C1CCN(C(=O)c2ccccc2[N+](=O)[O-])C1. The Morgan fingerprint density at radius 3 is 2.92 bits per heavy atom. The molecule has 1 fully saturated rings. The summed E-state index contributed by atoms with van der Waals surface area (Å²) in [6.07, 6.45) is 2.25. The van der Waals surface area contributed by atoms with Crippen LogP contribution in [0, 0.1) is 17.0 Å². The van der Waals surface area contributed by atoms with Gasteiger partial charge in [-0.3, -0.25) is 19.8 Å². The van der Waals surface area contributed by atoms with Gasteiger partial charge in [0.2, 0.25) is 0 Å². The Kier molecular flexibility index (Phi) is 4.80. The van der Waals surface area contributed by atoms with E-state index in [1.807, 2.05) is 14.0 Å². The largest absolute Gasteiger partial charge is 0.448 e. The smallest absolute Gasteiger partial charge is 0.282 e. The number of benzene rings is 1. The Hall–Kier alpha value is -2.74. The van der Waals surface area contributed by atoms with Gasteiger partial charge >= 0.3 is 0 Å². The van der Waals surface area contributed by atoms with Gasteiger partial charge in [-0.25, -0.2) is 4.98 Å². The number of nitrogens with zero attached hydrogens (tertiary/aromatic N) is 4. The molecule has 0 aliphatic carbocycles.